The number of halogens is 3. The van der Waals surface area contributed by atoms with Crippen molar-refractivity contribution in [3.63, 3.8) is 0 Å². The number of nitrogens with one attached hydrogen (secondary N) is 1. The van der Waals surface area contributed by atoms with E-state index in [0.717, 1.165) is 11.1 Å². The van der Waals surface area contributed by atoms with Crippen molar-refractivity contribution in [1.29, 1.82) is 0 Å². The van der Waals surface area contributed by atoms with Gasteiger partial charge in [0.2, 0.25) is 0 Å². The minimum atomic E-state index is -4.75. The molecule has 1 aliphatic rings. The van der Waals surface area contributed by atoms with E-state index in [2.05, 4.69) is 10.1 Å². The SMILES string of the molecule is O=C(O)[C@@H]1CN(C(=O)c2cnn3c2[nH]c(=O)c2ccccc23)C[C@H]1C(F)(F)F. The van der Waals surface area contributed by atoms with Crippen molar-refractivity contribution in [2.24, 2.45) is 11.8 Å². The molecule has 0 radical (unpaired) electrons. The number of aliphatic carboxylic acids is 1. The van der Waals surface area contributed by atoms with Crippen LogP contribution in [0.15, 0.2) is 35.3 Å². The Kier molecular flexibility index (Phi) is 3.91. The van der Waals surface area contributed by atoms with Gasteiger partial charge in [0, 0.05) is 13.1 Å². The molecule has 1 amide bonds. The number of aromatic amines is 1. The van der Waals surface area contributed by atoms with Crippen LogP contribution in [0.1, 0.15) is 10.4 Å². The minimum Gasteiger partial charge on any atom is -0.481 e. The van der Waals surface area contributed by atoms with Crippen LogP contribution in [-0.2, 0) is 4.79 Å². The number of carbonyl (C=O) groups is 2. The lowest BCUT2D eigenvalue weighted by atomic mass is 9.96. The molecule has 146 valence electrons. The number of H-pyrrole nitrogens is 1. The van der Waals surface area contributed by atoms with Crippen molar-refractivity contribution in [2.45, 2.75) is 6.18 Å². The second kappa shape index (κ2) is 6.08. The number of nitrogens with zero attached hydrogens (tertiary/aromatic N) is 3. The molecule has 1 aromatic carbocycles. The van der Waals surface area contributed by atoms with Crippen molar-refractivity contribution in [3.05, 3.63) is 46.4 Å². The van der Waals surface area contributed by atoms with Gasteiger partial charge in [0.1, 0.15) is 11.2 Å². The number of carboxylic acid groups (broad SMARTS) is 1. The molecule has 0 unspecified atom stereocenters. The van der Waals surface area contributed by atoms with Gasteiger partial charge in [-0.3, -0.25) is 14.4 Å². The summed E-state index contributed by atoms with van der Waals surface area (Å²) in [6, 6.07) is 6.53. The number of hydrogen-bond acceptors (Lipinski definition) is 4. The standard InChI is InChI=1S/C17H13F3N4O4/c18-17(19,20)11-7-23(6-10(11)16(27)28)15(26)9-5-21-24-12-4-2-1-3-8(12)14(25)22-13(9)24/h1-5,10-11H,6-7H2,(H,22,25)(H,27,28)/t10-,11-/m1/s1. The third kappa shape index (κ3) is 2.70. The quantitative estimate of drug-likeness (QED) is 0.685. The van der Waals surface area contributed by atoms with Crippen molar-refractivity contribution < 1.29 is 27.9 Å². The number of likely N-dealkylation sites (tertiary alicyclic amines) is 1. The van der Waals surface area contributed by atoms with Crippen molar-refractivity contribution in [1.82, 2.24) is 19.5 Å². The Morgan fingerprint density at radius 3 is 2.57 bits per heavy atom. The highest BCUT2D eigenvalue weighted by Gasteiger charge is 2.53. The summed E-state index contributed by atoms with van der Waals surface area (Å²) < 4.78 is 40.8. The fraction of sp³-hybridized carbons (Fsp3) is 0.294. The summed E-state index contributed by atoms with van der Waals surface area (Å²) in [6.45, 7) is -1.35. The summed E-state index contributed by atoms with van der Waals surface area (Å²) in [6.07, 6.45) is -3.60. The van der Waals surface area contributed by atoms with E-state index in [0.29, 0.717) is 10.9 Å². The second-order valence-electron chi connectivity index (χ2n) is 6.59. The van der Waals surface area contributed by atoms with Crippen LogP contribution in [-0.4, -0.2) is 55.7 Å². The normalized spacial score (nSPS) is 20.2. The highest BCUT2D eigenvalue weighted by atomic mass is 19.4. The maximum absolute atomic E-state index is 13.2. The molecule has 2 atom stereocenters. The molecule has 2 aromatic heterocycles. The van der Waals surface area contributed by atoms with Crippen LogP contribution in [0.3, 0.4) is 0 Å². The molecule has 2 N–H and O–H groups in total. The molecular weight excluding hydrogens is 381 g/mol. The lowest BCUT2D eigenvalue weighted by Crippen LogP contribution is -2.34. The van der Waals surface area contributed by atoms with Gasteiger partial charge in [0.05, 0.1) is 28.9 Å². The number of fused-ring (bicyclic) bond motifs is 3. The molecule has 0 spiro atoms. The molecule has 1 aliphatic heterocycles. The first-order chi connectivity index (χ1) is 13.2. The number of carbonyl (C=O) groups excluding carboxylic acids is 1. The Morgan fingerprint density at radius 2 is 1.93 bits per heavy atom. The zero-order chi connectivity index (χ0) is 20.2. The van der Waals surface area contributed by atoms with E-state index < -0.39 is 48.5 Å². The number of para-hydroxylation sites is 1. The van der Waals surface area contributed by atoms with E-state index in [9.17, 15) is 27.6 Å². The third-order valence-electron chi connectivity index (χ3n) is 4.95. The van der Waals surface area contributed by atoms with Crippen LogP contribution in [0.2, 0.25) is 0 Å². The van der Waals surface area contributed by atoms with Gasteiger partial charge in [-0.2, -0.15) is 18.3 Å². The van der Waals surface area contributed by atoms with Gasteiger partial charge in [0.25, 0.3) is 11.5 Å². The van der Waals surface area contributed by atoms with Crippen LogP contribution in [0.25, 0.3) is 16.6 Å². The molecule has 8 nitrogen and oxygen atoms in total. The number of amides is 1. The fourth-order valence-corrected chi connectivity index (χ4v) is 3.55. The van der Waals surface area contributed by atoms with Crippen LogP contribution >= 0.6 is 0 Å². The van der Waals surface area contributed by atoms with E-state index >= 15 is 0 Å². The molecular formula is C17H13F3N4O4. The van der Waals surface area contributed by atoms with E-state index in [-0.39, 0.29) is 11.2 Å². The summed E-state index contributed by atoms with van der Waals surface area (Å²) in [4.78, 5) is 39.6. The lowest BCUT2D eigenvalue weighted by molar-refractivity contribution is -0.187. The lowest BCUT2D eigenvalue weighted by Gasteiger charge is -2.18. The highest BCUT2D eigenvalue weighted by Crippen LogP contribution is 2.38. The number of hydrogen-bond donors (Lipinski definition) is 2. The maximum atomic E-state index is 13.2. The summed E-state index contributed by atoms with van der Waals surface area (Å²) >= 11 is 0. The molecule has 3 heterocycles. The Bertz CT molecular complexity index is 1170. The molecule has 0 aliphatic carbocycles. The predicted molar refractivity (Wildman–Crippen MR) is 89.9 cm³/mol. The van der Waals surface area contributed by atoms with Gasteiger partial charge in [-0.1, -0.05) is 12.1 Å². The predicted octanol–water partition coefficient (Wildman–Crippen LogP) is 1.51. The van der Waals surface area contributed by atoms with Crippen molar-refractivity contribution >= 4 is 28.4 Å². The van der Waals surface area contributed by atoms with Gasteiger partial charge >= 0.3 is 12.1 Å². The first kappa shape index (κ1) is 18.0. The number of alkyl halides is 3. The first-order valence-corrected chi connectivity index (χ1v) is 8.26. The van der Waals surface area contributed by atoms with Gasteiger partial charge in [-0.15, -0.1) is 0 Å². The summed E-state index contributed by atoms with van der Waals surface area (Å²) in [7, 11) is 0. The van der Waals surface area contributed by atoms with Crippen LogP contribution in [0, 0.1) is 11.8 Å². The summed E-state index contributed by atoms with van der Waals surface area (Å²) in [5, 5.41) is 13.5. The van der Waals surface area contributed by atoms with Gasteiger partial charge in [-0.05, 0) is 12.1 Å². The Balaban J connectivity index is 1.76. The van der Waals surface area contributed by atoms with Crippen LogP contribution in [0.4, 0.5) is 13.2 Å². The maximum Gasteiger partial charge on any atom is 0.394 e. The van der Waals surface area contributed by atoms with E-state index in [1.165, 1.54) is 4.52 Å². The van der Waals surface area contributed by atoms with E-state index in [1.54, 1.807) is 24.3 Å². The van der Waals surface area contributed by atoms with Crippen LogP contribution in [0.5, 0.6) is 0 Å². The topological polar surface area (TPSA) is 108 Å². The molecule has 1 saturated heterocycles. The number of rotatable bonds is 2. The zero-order valence-corrected chi connectivity index (χ0v) is 14.1. The summed E-state index contributed by atoms with van der Waals surface area (Å²) in [5.74, 6) is -6.34. The van der Waals surface area contributed by atoms with Gasteiger partial charge in [0.15, 0.2) is 0 Å². The number of aromatic nitrogens is 3. The third-order valence-corrected chi connectivity index (χ3v) is 4.95. The number of carboxylic acids is 1. The van der Waals surface area contributed by atoms with Gasteiger partial charge < -0.3 is 15.0 Å². The average Bonchev–Trinajstić information content (AvgIpc) is 3.26. The first-order valence-electron chi connectivity index (χ1n) is 8.26. The highest BCUT2D eigenvalue weighted by molar-refractivity contribution is 6.01. The van der Waals surface area contributed by atoms with Crippen LogP contribution < -0.4 is 5.56 Å². The fourth-order valence-electron chi connectivity index (χ4n) is 3.55. The number of benzene rings is 1. The molecule has 4 rings (SSSR count). The zero-order valence-electron chi connectivity index (χ0n) is 14.1. The minimum absolute atomic E-state index is 0.0380. The van der Waals surface area contributed by atoms with Crippen molar-refractivity contribution in [2.75, 3.05) is 13.1 Å². The van der Waals surface area contributed by atoms with Gasteiger partial charge in [-0.25, -0.2) is 4.52 Å². The second-order valence-corrected chi connectivity index (χ2v) is 6.59. The van der Waals surface area contributed by atoms with Crippen molar-refractivity contribution in [3.8, 4) is 0 Å². The van der Waals surface area contributed by atoms with E-state index in [4.69, 9.17) is 5.11 Å². The largest absolute Gasteiger partial charge is 0.481 e. The monoisotopic (exact) mass is 394 g/mol. The summed E-state index contributed by atoms with van der Waals surface area (Å²) in [5.41, 5.74) is -0.111. The smallest absolute Gasteiger partial charge is 0.394 e. The molecule has 3 aromatic rings. The Morgan fingerprint density at radius 1 is 1.21 bits per heavy atom. The molecule has 1 fully saturated rings. The molecule has 11 heteroatoms. The molecule has 0 saturated carbocycles. The Hall–Kier alpha value is -3.37. The average molecular weight is 394 g/mol. The molecule has 28 heavy (non-hydrogen) atoms. The van der Waals surface area contributed by atoms with E-state index in [1.807, 2.05) is 0 Å². The Labute approximate surface area is 154 Å². The molecule has 0 bridgehead atoms.